The first-order chi connectivity index (χ1) is 8.90. The number of alkyl halides is 3. The average molecular weight is 287 g/mol. The van der Waals surface area contributed by atoms with Crippen LogP contribution in [0.25, 0.3) is 11.3 Å². The molecular formula is C11H8F3N3OS. The fraction of sp³-hybridized carbons (Fsp3) is 0.182. The van der Waals surface area contributed by atoms with E-state index in [0.717, 1.165) is 0 Å². The zero-order valence-electron chi connectivity index (χ0n) is 9.65. The number of halogens is 3. The van der Waals surface area contributed by atoms with E-state index in [1.165, 1.54) is 19.4 Å². The summed E-state index contributed by atoms with van der Waals surface area (Å²) >= 11 is 4.73. The van der Waals surface area contributed by atoms with Crippen LogP contribution in [0.1, 0.15) is 5.82 Å². The third-order valence-corrected chi connectivity index (χ3v) is 2.48. The minimum Gasteiger partial charge on any atom is -0.481 e. The predicted molar refractivity (Wildman–Crippen MR) is 64.2 cm³/mol. The molecule has 0 aliphatic rings. The van der Waals surface area contributed by atoms with Gasteiger partial charge in [0.05, 0.1) is 12.8 Å². The standard InChI is InChI=1S/C11H8F3N3OS/c1-18-8-3-2-6(5-15-8)7-4-9(19)17-10(16-7)11(12,13)14/h2-5H,1H3,(H,16,17,19). The normalized spacial score (nSPS) is 11.4. The van der Waals surface area contributed by atoms with Gasteiger partial charge in [0.25, 0.3) is 0 Å². The van der Waals surface area contributed by atoms with Gasteiger partial charge in [0.15, 0.2) is 0 Å². The summed E-state index contributed by atoms with van der Waals surface area (Å²) in [5, 5.41) is 0. The van der Waals surface area contributed by atoms with Crippen molar-refractivity contribution in [2.75, 3.05) is 7.11 Å². The Morgan fingerprint density at radius 1 is 1.32 bits per heavy atom. The number of aromatic amines is 1. The van der Waals surface area contributed by atoms with Crippen LogP contribution in [0.5, 0.6) is 5.88 Å². The van der Waals surface area contributed by atoms with Gasteiger partial charge in [0, 0.05) is 17.8 Å². The van der Waals surface area contributed by atoms with Crippen LogP contribution in [0, 0.1) is 4.64 Å². The Morgan fingerprint density at radius 2 is 2.05 bits per heavy atom. The Bertz CT molecular complexity index is 637. The first-order valence-electron chi connectivity index (χ1n) is 5.09. The van der Waals surface area contributed by atoms with Crippen LogP contribution in [-0.2, 0) is 6.18 Å². The van der Waals surface area contributed by atoms with Crippen LogP contribution in [0.2, 0.25) is 0 Å². The van der Waals surface area contributed by atoms with Gasteiger partial charge in [0.2, 0.25) is 11.7 Å². The van der Waals surface area contributed by atoms with E-state index in [1.54, 1.807) is 12.1 Å². The highest BCUT2D eigenvalue weighted by atomic mass is 32.1. The van der Waals surface area contributed by atoms with Crippen molar-refractivity contribution in [2.45, 2.75) is 6.18 Å². The molecule has 0 aliphatic heterocycles. The molecule has 19 heavy (non-hydrogen) atoms. The van der Waals surface area contributed by atoms with Gasteiger partial charge in [-0.1, -0.05) is 12.2 Å². The lowest BCUT2D eigenvalue weighted by atomic mass is 10.2. The van der Waals surface area contributed by atoms with Crippen molar-refractivity contribution in [2.24, 2.45) is 0 Å². The molecule has 0 amide bonds. The summed E-state index contributed by atoms with van der Waals surface area (Å²) in [5.41, 5.74) is 0.655. The molecule has 0 fully saturated rings. The molecule has 0 saturated heterocycles. The van der Waals surface area contributed by atoms with Gasteiger partial charge in [0.1, 0.15) is 4.64 Å². The number of pyridine rings is 1. The van der Waals surface area contributed by atoms with Crippen LogP contribution in [-0.4, -0.2) is 22.1 Å². The van der Waals surface area contributed by atoms with Crippen molar-refractivity contribution in [3.8, 4) is 17.1 Å². The molecule has 4 nitrogen and oxygen atoms in total. The van der Waals surface area contributed by atoms with Gasteiger partial charge in [-0.25, -0.2) is 9.97 Å². The molecule has 0 atom stereocenters. The molecule has 0 bridgehead atoms. The Labute approximate surface area is 111 Å². The van der Waals surface area contributed by atoms with Gasteiger partial charge in [-0.3, -0.25) is 0 Å². The Morgan fingerprint density at radius 3 is 2.58 bits per heavy atom. The highest BCUT2D eigenvalue weighted by Gasteiger charge is 2.34. The maximum Gasteiger partial charge on any atom is 0.449 e. The fourth-order valence-electron chi connectivity index (χ4n) is 1.41. The molecule has 2 aromatic rings. The number of hydrogen-bond acceptors (Lipinski definition) is 4. The van der Waals surface area contributed by atoms with Gasteiger partial charge in [-0.15, -0.1) is 0 Å². The lowest BCUT2D eigenvalue weighted by Gasteiger charge is -2.08. The quantitative estimate of drug-likeness (QED) is 0.862. The summed E-state index contributed by atoms with van der Waals surface area (Å²) in [7, 11) is 1.45. The molecule has 2 heterocycles. The molecule has 0 radical (unpaired) electrons. The molecule has 100 valence electrons. The Hall–Kier alpha value is -1.96. The van der Waals surface area contributed by atoms with E-state index >= 15 is 0 Å². The minimum atomic E-state index is -4.58. The number of ether oxygens (including phenoxy) is 1. The van der Waals surface area contributed by atoms with Gasteiger partial charge in [-0.2, -0.15) is 13.2 Å². The van der Waals surface area contributed by atoms with Crippen molar-refractivity contribution in [1.29, 1.82) is 0 Å². The van der Waals surface area contributed by atoms with Crippen molar-refractivity contribution in [3.63, 3.8) is 0 Å². The number of aromatic nitrogens is 3. The lowest BCUT2D eigenvalue weighted by molar-refractivity contribution is -0.144. The monoisotopic (exact) mass is 287 g/mol. The van der Waals surface area contributed by atoms with E-state index in [9.17, 15) is 13.2 Å². The van der Waals surface area contributed by atoms with E-state index in [0.29, 0.717) is 11.4 Å². The zero-order chi connectivity index (χ0) is 14.0. The average Bonchev–Trinajstić information content (AvgIpc) is 2.37. The van der Waals surface area contributed by atoms with Gasteiger partial charge >= 0.3 is 6.18 Å². The number of nitrogens with zero attached hydrogens (tertiary/aromatic N) is 2. The van der Waals surface area contributed by atoms with Crippen LogP contribution in [0.3, 0.4) is 0 Å². The van der Waals surface area contributed by atoms with Crippen molar-refractivity contribution in [1.82, 2.24) is 15.0 Å². The number of methoxy groups -OCH3 is 1. The molecule has 0 aromatic carbocycles. The van der Waals surface area contributed by atoms with E-state index in [-0.39, 0.29) is 10.3 Å². The Kier molecular flexibility index (Phi) is 3.52. The molecule has 2 rings (SSSR count). The number of rotatable bonds is 2. The van der Waals surface area contributed by atoms with E-state index in [4.69, 9.17) is 17.0 Å². The fourth-order valence-corrected chi connectivity index (χ4v) is 1.62. The highest BCUT2D eigenvalue weighted by Crippen LogP contribution is 2.28. The van der Waals surface area contributed by atoms with E-state index in [1.807, 2.05) is 0 Å². The molecule has 0 spiro atoms. The van der Waals surface area contributed by atoms with E-state index in [2.05, 4.69) is 15.0 Å². The molecule has 0 unspecified atom stereocenters. The molecule has 1 N–H and O–H groups in total. The number of nitrogens with one attached hydrogen (secondary N) is 1. The molecule has 8 heteroatoms. The molecule has 2 aromatic heterocycles. The topological polar surface area (TPSA) is 50.8 Å². The minimum absolute atomic E-state index is 0.142. The van der Waals surface area contributed by atoms with E-state index < -0.39 is 12.0 Å². The third-order valence-electron chi connectivity index (χ3n) is 2.27. The second kappa shape index (κ2) is 4.96. The third kappa shape index (κ3) is 3.08. The first-order valence-corrected chi connectivity index (χ1v) is 5.50. The van der Waals surface area contributed by atoms with Gasteiger partial charge < -0.3 is 9.72 Å². The van der Waals surface area contributed by atoms with Crippen LogP contribution >= 0.6 is 12.2 Å². The number of H-pyrrole nitrogens is 1. The molecule has 0 saturated carbocycles. The molecular weight excluding hydrogens is 279 g/mol. The SMILES string of the molecule is COc1ccc(-c2cc(=S)nc(C(F)(F)F)[nH]2)cn1. The lowest BCUT2D eigenvalue weighted by Crippen LogP contribution is -2.11. The maximum atomic E-state index is 12.6. The summed E-state index contributed by atoms with van der Waals surface area (Å²) in [5.74, 6) is -0.765. The largest absolute Gasteiger partial charge is 0.481 e. The smallest absolute Gasteiger partial charge is 0.449 e. The molecule has 0 aliphatic carbocycles. The zero-order valence-corrected chi connectivity index (χ0v) is 10.5. The summed E-state index contributed by atoms with van der Waals surface area (Å²) in [6.45, 7) is 0. The summed E-state index contributed by atoms with van der Waals surface area (Å²) in [6.07, 6.45) is -3.19. The van der Waals surface area contributed by atoms with Gasteiger partial charge in [-0.05, 0) is 12.1 Å². The second-order valence-electron chi connectivity index (χ2n) is 3.57. The predicted octanol–water partition coefficient (Wildman–Crippen LogP) is 3.23. The summed E-state index contributed by atoms with van der Waals surface area (Å²) in [6, 6.07) is 4.46. The van der Waals surface area contributed by atoms with Crippen LogP contribution in [0.4, 0.5) is 13.2 Å². The first kappa shape index (κ1) is 13.5. The van der Waals surface area contributed by atoms with Crippen LogP contribution < -0.4 is 4.74 Å². The maximum absolute atomic E-state index is 12.6. The number of hydrogen-bond donors (Lipinski definition) is 1. The highest BCUT2D eigenvalue weighted by molar-refractivity contribution is 7.71. The Balaban J connectivity index is 2.49. The summed E-state index contributed by atoms with van der Waals surface area (Å²) < 4.78 is 42.6. The van der Waals surface area contributed by atoms with Crippen molar-refractivity contribution in [3.05, 3.63) is 34.9 Å². The summed E-state index contributed by atoms with van der Waals surface area (Å²) in [4.78, 5) is 9.37. The second-order valence-corrected chi connectivity index (χ2v) is 3.99. The van der Waals surface area contributed by atoms with Crippen molar-refractivity contribution < 1.29 is 17.9 Å². The van der Waals surface area contributed by atoms with Crippen molar-refractivity contribution >= 4 is 12.2 Å². The van der Waals surface area contributed by atoms with Crippen LogP contribution in [0.15, 0.2) is 24.4 Å².